The van der Waals surface area contributed by atoms with Crippen LogP contribution in [0.25, 0.3) is 10.9 Å². The van der Waals surface area contributed by atoms with Crippen LogP contribution in [0.15, 0.2) is 54.6 Å². The van der Waals surface area contributed by atoms with Crippen LogP contribution >= 0.6 is 0 Å². The average molecular weight is 376 g/mol. The lowest BCUT2D eigenvalue weighted by Gasteiger charge is -2.31. The lowest BCUT2D eigenvalue weighted by Crippen LogP contribution is -2.43. The first-order valence-electron chi connectivity index (χ1n) is 9.73. The number of hydrogen-bond acceptors (Lipinski definition) is 3. The van der Waals surface area contributed by atoms with Crippen LogP contribution < -0.4 is 0 Å². The molecule has 1 saturated heterocycles. The molecule has 1 N–H and O–H groups in total. The molecule has 0 bridgehead atoms. The van der Waals surface area contributed by atoms with Crippen LogP contribution in [0.3, 0.4) is 0 Å². The maximum absolute atomic E-state index is 13.2. The Bertz CT molecular complexity index is 982. The summed E-state index contributed by atoms with van der Waals surface area (Å²) in [6.07, 6.45) is 1.13. The van der Waals surface area contributed by atoms with Crippen molar-refractivity contribution in [1.29, 1.82) is 0 Å². The fourth-order valence-electron chi connectivity index (χ4n) is 3.83. The van der Waals surface area contributed by atoms with Crippen molar-refractivity contribution < 1.29 is 9.59 Å². The molecule has 2 amide bonds. The van der Waals surface area contributed by atoms with Gasteiger partial charge in [0.2, 0.25) is 5.91 Å². The van der Waals surface area contributed by atoms with Gasteiger partial charge in [-0.1, -0.05) is 55.5 Å². The smallest absolute Gasteiger partial charge is 0.275 e. The number of nitrogens with one attached hydrogen (secondary N) is 1. The minimum Gasteiger partial charge on any atom is -0.335 e. The maximum atomic E-state index is 13.2. The summed E-state index contributed by atoms with van der Waals surface area (Å²) in [6.45, 7) is 3.58. The molecule has 1 atom stereocenters. The van der Waals surface area contributed by atoms with Gasteiger partial charge < -0.3 is 9.80 Å². The van der Waals surface area contributed by atoms with Gasteiger partial charge >= 0.3 is 0 Å². The predicted octanol–water partition coefficient (Wildman–Crippen LogP) is 3.22. The van der Waals surface area contributed by atoms with Crippen molar-refractivity contribution in [2.75, 3.05) is 13.1 Å². The molecule has 1 aromatic heterocycles. The van der Waals surface area contributed by atoms with Gasteiger partial charge in [-0.15, -0.1) is 0 Å². The second-order valence-corrected chi connectivity index (χ2v) is 7.19. The number of nitrogens with zero attached hydrogens (tertiary/aromatic N) is 3. The Labute approximate surface area is 164 Å². The van der Waals surface area contributed by atoms with Crippen molar-refractivity contribution in [2.24, 2.45) is 0 Å². The SMILES string of the molecule is CC[C@H]1CN(C(=O)c2n[nH]c3ccccc23)CCC(=O)N1Cc1ccccc1. The summed E-state index contributed by atoms with van der Waals surface area (Å²) in [7, 11) is 0. The molecule has 3 aromatic rings. The van der Waals surface area contributed by atoms with Crippen LogP contribution in [0, 0.1) is 0 Å². The minimum atomic E-state index is -0.120. The Morgan fingerprint density at radius 3 is 2.68 bits per heavy atom. The monoisotopic (exact) mass is 376 g/mol. The van der Waals surface area contributed by atoms with Gasteiger partial charge in [-0.05, 0) is 18.1 Å². The van der Waals surface area contributed by atoms with Gasteiger partial charge in [0, 0.05) is 37.5 Å². The maximum Gasteiger partial charge on any atom is 0.275 e. The zero-order valence-electron chi connectivity index (χ0n) is 16.0. The lowest BCUT2D eigenvalue weighted by molar-refractivity contribution is -0.133. The van der Waals surface area contributed by atoms with E-state index in [9.17, 15) is 9.59 Å². The zero-order valence-corrected chi connectivity index (χ0v) is 16.0. The molecule has 0 radical (unpaired) electrons. The number of aromatic nitrogens is 2. The van der Waals surface area contributed by atoms with Gasteiger partial charge in [-0.25, -0.2) is 0 Å². The average Bonchev–Trinajstić information content (AvgIpc) is 3.10. The standard InChI is InChI=1S/C22H24N4O2/c1-2-17-15-25(22(28)21-18-10-6-7-11-19(18)23-24-21)13-12-20(27)26(17)14-16-8-4-3-5-9-16/h3-11,17H,2,12-15H2,1H3,(H,23,24)/t17-/m0/s1. The molecular weight excluding hydrogens is 352 g/mol. The molecule has 4 rings (SSSR count). The summed E-state index contributed by atoms with van der Waals surface area (Å²) < 4.78 is 0. The number of benzene rings is 2. The highest BCUT2D eigenvalue weighted by molar-refractivity contribution is 6.04. The highest BCUT2D eigenvalue weighted by atomic mass is 16.2. The summed E-state index contributed by atoms with van der Waals surface area (Å²) in [5, 5.41) is 7.98. The molecule has 2 heterocycles. The molecule has 0 unspecified atom stereocenters. The Morgan fingerprint density at radius 2 is 1.89 bits per heavy atom. The number of fused-ring (bicyclic) bond motifs is 1. The van der Waals surface area contributed by atoms with Gasteiger partial charge in [0.25, 0.3) is 5.91 Å². The van der Waals surface area contributed by atoms with Crippen molar-refractivity contribution in [1.82, 2.24) is 20.0 Å². The number of rotatable bonds is 4. The van der Waals surface area contributed by atoms with E-state index in [2.05, 4.69) is 17.1 Å². The molecule has 6 heteroatoms. The third kappa shape index (κ3) is 3.50. The predicted molar refractivity (Wildman–Crippen MR) is 108 cm³/mol. The van der Waals surface area contributed by atoms with Crippen LogP contribution in [0.1, 0.15) is 35.8 Å². The third-order valence-corrected chi connectivity index (χ3v) is 5.41. The summed E-state index contributed by atoms with van der Waals surface area (Å²) in [6, 6.07) is 17.6. The van der Waals surface area contributed by atoms with Crippen molar-refractivity contribution in [3.8, 4) is 0 Å². The third-order valence-electron chi connectivity index (χ3n) is 5.41. The number of amides is 2. The highest BCUT2D eigenvalue weighted by Crippen LogP contribution is 2.21. The molecule has 0 aliphatic carbocycles. The number of para-hydroxylation sites is 1. The largest absolute Gasteiger partial charge is 0.335 e. The molecule has 1 aliphatic rings. The zero-order chi connectivity index (χ0) is 19.5. The van der Waals surface area contributed by atoms with E-state index in [0.29, 0.717) is 31.7 Å². The van der Waals surface area contributed by atoms with Crippen LogP contribution in [0.4, 0.5) is 0 Å². The van der Waals surface area contributed by atoms with Gasteiger partial charge in [0.15, 0.2) is 5.69 Å². The Balaban J connectivity index is 1.57. The van der Waals surface area contributed by atoms with Gasteiger partial charge in [-0.2, -0.15) is 5.10 Å². The summed E-state index contributed by atoms with van der Waals surface area (Å²) in [5.41, 5.74) is 2.37. The summed E-state index contributed by atoms with van der Waals surface area (Å²) >= 11 is 0. The Kier molecular flexibility index (Phi) is 5.10. The quantitative estimate of drug-likeness (QED) is 0.760. The van der Waals surface area contributed by atoms with E-state index in [4.69, 9.17) is 0 Å². The number of carbonyl (C=O) groups is 2. The van der Waals surface area contributed by atoms with Gasteiger partial charge in [-0.3, -0.25) is 14.7 Å². The molecule has 0 saturated carbocycles. The first-order chi connectivity index (χ1) is 13.7. The second-order valence-electron chi connectivity index (χ2n) is 7.19. The van der Waals surface area contributed by atoms with Crippen LogP contribution in [-0.2, 0) is 11.3 Å². The van der Waals surface area contributed by atoms with E-state index in [0.717, 1.165) is 22.9 Å². The number of aromatic amines is 1. The van der Waals surface area contributed by atoms with E-state index in [1.54, 1.807) is 4.90 Å². The topological polar surface area (TPSA) is 69.3 Å². The first kappa shape index (κ1) is 18.2. The highest BCUT2D eigenvalue weighted by Gasteiger charge is 2.32. The molecule has 28 heavy (non-hydrogen) atoms. The number of H-pyrrole nitrogens is 1. The second kappa shape index (κ2) is 7.84. The molecule has 0 spiro atoms. The normalized spacial score (nSPS) is 17.8. The number of carbonyl (C=O) groups excluding carboxylic acids is 2. The van der Waals surface area contributed by atoms with Crippen LogP contribution in [-0.4, -0.2) is 50.9 Å². The van der Waals surface area contributed by atoms with Gasteiger partial charge in [0.05, 0.1) is 5.52 Å². The molecule has 6 nitrogen and oxygen atoms in total. The molecular formula is C22H24N4O2. The van der Waals surface area contributed by atoms with Crippen molar-refractivity contribution >= 4 is 22.7 Å². The van der Waals surface area contributed by atoms with E-state index >= 15 is 0 Å². The Hall–Kier alpha value is -3.15. The molecule has 2 aromatic carbocycles. The first-order valence-corrected chi connectivity index (χ1v) is 9.73. The fraction of sp³-hybridized carbons (Fsp3) is 0.318. The fourth-order valence-corrected chi connectivity index (χ4v) is 3.83. The summed E-state index contributed by atoms with van der Waals surface area (Å²) in [5.74, 6) is -0.0249. The van der Waals surface area contributed by atoms with Gasteiger partial charge in [0.1, 0.15) is 0 Å². The van der Waals surface area contributed by atoms with Crippen molar-refractivity contribution in [2.45, 2.75) is 32.4 Å². The number of hydrogen-bond donors (Lipinski definition) is 1. The Morgan fingerprint density at radius 1 is 1.14 bits per heavy atom. The molecule has 1 fully saturated rings. The van der Waals surface area contributed by atoms with Crippen molar-refractivity contribution in [3.05, 3.63) is 65.9 Å². The van der Waals surface area contributed by atoms with Crippen LogP contribution in [0.5, 0.6) is 0 Å². The van der Waals surface area contributed by atoms with E-state index in [-0.39, 0.29) is 17.9 Å². The van der Waals surface area contributed by atoms with E-state index in [1.807, 2.05) is 59.5 Å². The van der Waals surface area contributed by atoms with Crippen LogP contribution in [0.2, 0.25) is 0 Å². The minimum absolute atomic E-state index is 0.00985. The summed E-state index contributed by atoms with van der Waals surface area (Å²) in [4.78, 5) is 29.7. The van der Waals surface area contributed by atoms with E-state index < -0.39 is 0 Å². The lowest BCUT2D eigenvalue weighted by atomic mass is 10.1. The molecule has 144 valence electrons. The van der Waals surface area contributed by atoms with Crippen molar-refractivity contribution in [3.63, 3.8) is 0 Å². The van der Waals surface area contributed by atoms with E-state index in [1.165, 1.54) is 0 Å². The molecule has 1 aliphatic heterocycles.